The number of Topliss-reactive ketones (excluding diaryl/α,β-unsaturated/α-hetero) is 1. The second-order valence-corrected chi connectivity index (χ2v) is 5.00. The van der Waals surface area contributed by atoms with Gasteiger partial charge in [-0.25, -0.2) is 4.39 Å². The molecule has 0 saturated carbocycles. The normalized spacial score (nSPS) is 10.5. The molecule has 3 heteroatoms. The fourth-order valence-electron chi connectivity index (χ4n) is 1.91. The molecule has 0 atom stereocenters. The fraction of sp³-hybridized carbons (Fsp3) is 0.188. The molecule has 0 aliphatic carbocycles. The van der Waals surface area contributed by atoms with Crippen molar-refractivity contribution in [2.75, 3.05) is 0 Å². The summed E-state index contributed by atoms with van der Waals surface area (Å²) in [4.78, 5) is 12.1. The predicted molar refractivity (Wildman–Crippen MR) is 75.4 cm³/mol. The van der Waals surface area contributed by atoms with Crippen molar-refractivity contribution in [1.82, 2.24) is 0 Å². The zero-order valence-corrected chi connectivity index (χ0v) is 11.6. The molecule has 19 heavy (non-hydrogen) atoms. The molecule has 0 aliphatic rings. The van der Waals surface area contributed by atoms with Crippen LogP contribution in [0.15, 0.2) is 36.4 Å². The van der Waals surface area contributed by atoms with E-state index in [9.17, 15) is 9.18 Å². The van der Waals surface area contributed by atoms with Crippen molar-refractivity contribution < 1.29 is 9.18 Å². The van der Waals surface area contributed by atoms with Crippen LogP contribution in [0.3, 0.4) is 0 Å². The van der Waals surface area contributed by atoms with Crippen molar-refractivity contribution in [3.63, 3.8) is 0 Å². The first-order chi connectivity index (χ1) is 8.99. The number of hydrogen-bond donors (Lipinski definition) is 0. The number of rotatable bonds is 3. The number of ketones is 1. The molecule has 0 radical (unpaired) electrons. The molecule has 98 valence electrons. The molecule has 0 N–H and O–H groups in total. The van der Waals surface area contributed by atoms with Crippen LogP contribution in [0.2, 0.25) is 5.02 Å². The van der Waals surface area contributed by atoms with E-state index in [1.54, 1.807) is 6.07 Å². The van der Waals surface area contributed by atoms with E-state index in [1.807, 2.05) is 32.0 Å². The zero-order valence-electron chi connectivity index (χ0n) is 10.8. The Labute approximate surface area is 117 Å². The predicted octanol–water partition coefficient (Wildman–Crippen LogP) is 4.52. The molecule has 0 aromatic heterocycles. The smallest absolute Gasteiger partial charge is 0.168 e. The Morgan fingerprint density at radius 3 is 2.58 bits per heavy atom. The highest BCUT2D eigenvalue weighted by Crippen LogP contribution is 2.21. The average Bonchev–Trinajstić information content (AvgIpc) is 2.37. The Kier molecular flexibility index (Phi) is 4.01. The molecular weight excluding hydrogens is 263 g/mol. The molecule has 0 amide bonds. The lowest BCUT2D eigenvalue weighted by Gasteiger charge is -2.06. The lowest BCUT2D eigenvalue weighted by molar-refractivity contribution is 0.0992. The topological polar surface area (TPSA) is 17.1 Å². The van der Waals surface area contributed by atoms with Gasteiger partial charge in [0.05, 0.1) is 5.02 Å². The van der Waals surface area contributed by atoms with Gasteiger partial charge in [0, 0.05) is 12.0 Å². The summed E-state index contributed by atoms with van der Waals surface area (Å²) >= 11 is 5.81. The van der Waals surface area contributed by atoms with Gasteiger partial charge in [0.15, 0.2) is 5.78 Å². The first kappa shape index (κ1) is 13.8. The molecular formula is C16H14ClFO. The van der Waals surface area contributed by atoms with Crippen LogP contribution in [0.4, 0.5) is 4.39 Å². The first-order valence-corrected chi connectivity index (χ1v) is 6.40. The van der Waals surface area contributed by atoms with Crippen LogP contribution in [0, 0.1) is 19.7 Å². The third-order valence-corrected chi connectivity index (χ3v) is 3.57. The second-order valence-electron chi connectivity index (χ2n) is 4.62. The summed E-state index contributed by atoms with van der Waals surface area (Å²) in [6.07, 6.45) is 0.226. The number of halogens is 2. The Bertz CT molecular complexity index is 635. The van der Waals surface area contributed by atoms with Gasteiger partial charge in [-0.05, 0) is 42.7 Å². The van der Waals surface area contributed by atoms with Crippen LogP contribution < -0.4 is 0 Å². The molecule has 0 fully saturated rings. The van der Waals surface area contributed by atoms with E-state index in [0.717, 1.165) is 11.1 Å². The molecule has 0 spiro atoms. The Morgan fingerprint density at radius 1 is 1.16 bits per heavy atom. The summed E-state index contributed by atoms with van der Waals surface area (Å²) in [5, 5.41) is -0.101. The number of hydrogen-bond acceptors (Lipinski definition) is 1. The quantitative estimate of drug-likeness (QED) is 0.753. The van der Waals surface area contributed by atoms with Crippen LogP contribution in [0.25, 0.3) is 0 Å². The first-order valence-electron chi connectivity index (χ1n) is 6.02. The summed E-state index contributed by atoms with van der Waals surface area (Å²) in [7, 11) is 0. The van der Waals surface area contributed by atoms with Crippen LogP contribution in [0.1, 0.15) is 27.0 Å². The van der Waals surface area contributed by atoms with Gasteiger partial charge in [0.1, 0.15) is 5.82 Å². The maximum absolute atomic E-state index is 13.3. The van der Waals surface area contributed by atoms with E-state index in [-0.39, 0.29) is 22.8 Å². The molecule has 1 nitrogen and oxygen atoms in total. The molecule has 0 saturated heterocycles. The highest BCUT2D eigenvalue weighted by Gasteiger charge is 2.14. The SMILES string of the molecule is Cc1ccc(CC(=O)c2cccc(F)c2Cl)cc1C. The van der Waals surface area contributed by atoms with E-state index in [2.05, 4.69) is 0 Å². The maximum Gasteiger partial charge on any atom is 0.168 e. The minimum Gasteiger partial charge on any atom is -0.294 e. The Hall–Kier alpha value is -1.67. The molecule has 2 rings (SSSR count). The van der Waals surface area contributed by atoms with Crippen LogP contribution >= 0.6 is 11.6 Å². The summed E-state index contributed by atoms with van der Waals surface area (Å²) in [6.45, 7) is 4.02. The van der Waals surface area contributed by atoms with Gasteiger partial charge in [-0.3, -0.25) is 4.79 Å². The van der Waals surface area contributed by atoms with Crippen LogP contribution in [0.5, 0.6) is 0 Å². The van der Waals surface area contributed by atoms with Crippen LogP contribution in [-0.2, 0) is 6.42 Å². The van der Waals surface area contributed by atoms with Gasteiger partial charge in [-0.15, -0.1) is 0 Å². The molecule has 0 aliphatic heterocycles. The maximum atomic E-state index is 13.3. The van der Waals surface area contributed by atoms with Gasteiger partial charge < -0.3 is 0 Å². The average molecular weight is 277 g/mol. The van der Waals surface area contributed by atoms with E-state index in [4.69, 9.17) is 11.6 Å². The lowest BCUT2D eigenvalue weighted by atomic mass is 9.99. The highest BCUT2D eigenvalue weighted by atomic mass is 35.5. The highest BCUT2D eigenvalue weighted by molar-refractivity contribution is 6.34. The molecule has 0 bridgehead atoms. The third kappa shape index (κ3) is 3.02. The van der Waals surface area contributed by atoms with Crippen LogP contribution in [-0.4, -0.2) is 5.78 Å². The van der Waals surface area contributed by atoms with Crippen molar-refractivity contribution in [2.45, 2.75) is 20.3 Å². The summed E-state index contributed by atoms with van der Waals surface area (Å²) in [5.41, 5.74) is 3.46. The Morgan fingerprint density at radius 2 is 1.89 bits per heavy atom. The number of benzene rings is 2. The van der Waals surface area contributed by atoms with E-state index < -0.39 is 5.82 Å². The van der Waals surface area contributed by atoms with Crippen molar-refractivity contribution in [3.8, 4) is 0 Å². The third-order valence-electron chi connectivity index (χ3n) is 3.19. The number of carbonyl (C=O) groups excluding carboxylic acids is 1. The van der Waals surface area contributed by atoms with Crippen molar-refractivity contribution in [2.24, 2.45) is 0 Å². The summed E-state index contributed by atoms with van der Waals surface area (Å²) in [6, 6.07) is 10.2. The monoisotopic (exact) mass is 276 g/mol. The lowest BCUT2D eigenvalue weighted by Crippen LogP contribution is -2.05. The fourth-order valence-corrected chi connectivity index (χ4v) is 2.14. The van der Waals surface area contributed by atoms with Crippen molar-refractivity contribution >= 4 is 17.4 Å². The summed E-state index contributed by atoms with van der Waals surface area (Å²) < 4.78 is 13.3. The zero-order chi connectivity index (χ0) is 14.0. The van der Waals surface area contributed by atoms with Gasteiger partial charge in [-0.2, -0.15) is 0 Å². The molecule has 0 unspecified atom stereocenters. The largest absolute Gasteiger partial charge is 0.294 e. The number of aryl methyl sites for hydroxylation is 2. The summed E-state index contributed by atoms with van der Waals surface area (Å²) in [5.74, 6) is -0.736. The van der Waals surface area contributed by atoms with Crippen molar-refractivity contribution in [3.05, 3.63) is 69.5 Å². The Balaban J connectivity index is 2.26. The number of carbonyl (C=O) groups is 1. The van der Waals surface area contributed by atoms with Crippen molar-refractivity contribution in [1.29, 1.82) is 0 Å². The van der Waals surface area contributed by atoms with E-state index in [1.165, 1.54) is 17.7 Å². The van der Waals surface area contributed by atoms with E-state index >= 15 is 0 Å². The minimum atomic E-state index is -0.562. The van der Waals surface area contributed by atoms with Gasteiger partial charge in [0.2, 0.25) is 0 Å². The van der Waals surface area contributed by atoms with Gasteiger partial charge in [0.25, 0.3) is 0 Å². The van der Waals surface area contributed by atoms with E-state index in [0.29, 0.717) is 0 Å². The van der Waals surface area contributed by atoms with Gasteiger partial charge >= 0.3 is 0 Å². The molecule has 2 aromatic rings. The standard InChI is InChI=1S/C16H14ClFO/c1-10-6-7-12(8-11(10)2)9-15(19)13-4-3-5-14(18)16(13)17/h3-8H,9H2,1-2H3. The molecule has 0 heterocycles. The molecule has 2 aromatic carbocycles. The minimum absolute atomic E-state index is 0.101. The second kappa shape index (κ2) is 5.54. The van der Waals surface area contributed by atoms with Gasteiger partial charge in [-0.1, -0.05) is 35.9 Å².